The molecule has 0 radical (unpaired) electrons. The lowest BCUT2D eigenvalue weighted by atomic mass is 10.2. The standard InChI is InChI=1S/C13H15N3O2S2/c1-8(2)20(18)11-7-15-13(19-11)16-12(17)9-5-3-4-6-10(9)14/h3-8H,14H2,1-2H3,(H,15,16,17). The molecular formula is C13H15N3O2S2. The predicted molar refractivity (Wildman–Crippen MR) is 82.5 cm³/mol. The van der Waals surface area contributed by atoms with E-state index >= 15 is 0 Å². The van der Waals surface area contributed by atoms with Crippen molar-refractivity contribution >= 4 is 38.9 Å². The van der Waals surface area contributed by atoms with Crippen LogP contribution in [0.4, 0.5) is 10.8 Å². The van der Waals surface area contributed by atoms with Crippen LogP contribution in [0, 0.1) is 0 Å². The summed E-state index contributed by atoms with van der Waals surface area (Å²) < 4.78 is 12.6. The molecule has 1 atom stereocenters. The van der Waals surface area contributed by atoms with Crippen LogP contribution in [0.1, 0.15) is 24.2 Å². The topological polar surface area (TPSA) is 85.1 Å². The molecule has 0 spiro atoms. The molecule has 0 saturated carbocycles. The molecule has 106 valence electrons. The molecule has 1 aromatic heterocycles. The largest absolute Gasteiger partial charge is 0.398 e. The van der Waals surface area contributed by atoms with E-state index in [1.165, 1.54) is 17.5 Å². The van der Waals surface area contributed by atoms with Gasteiger partial charge in [-0.1, -0.05) is 37.3 Å². The summed E-state index contributed by atoms with van der Waals surface area (Å²) in [5, 5.41) is 3.10. The highest BCUT2D eigenvalue weighted by Gasteiger charge is 2.15. The SMILES string of the molecule is CC(C)S(=O)c1cnc(NC(=O)c2ccccc2N)s1. The number of anilines is 2. The Morgan fingerprint density at radius 2 is 2.10 bits per heavy atom. The first kappa shape index (κ1) is 14.7. The third-order valence-corrected chi connectivity index (χ3v) is 5.35. The van der Waals surface area contributed by atoms with Crippen molar-refractivity contribution in [2.75, 3.05) is 11.1 Å². The van der Waals surface area contributed by atoms with E-state index in [0.717, 1.165) is 0 Å². The molecule has 1 heterocycles. The fourth-order valence-corrected chi connectivity index (χ4v) is 3.82. The zero-order chi connectivity index (χ0) is 14.7. The van der Waals surface area contributed by atoms with Crippen LogP contribution < -0.4 is 11.1 Å². The molecule has 0 bridgehead atoms. The number of aromatic nitrogens is 1. The smallest absolute Gasteiger partial charge is 0.259 e. The summed E-state index contributed by atoms with van der Waals surface area (Å²) in [7, 11) is -1.10. The van der Waals surface area contributed by atoms with Gasteiger partial charge in [0.2, 0.25) is 0 Å². The summed E-state index contributed by atoms with van der Waals surface area (Å²) >= 11 is 1.21. The van der Waals surface area contributed by atoms with E-state index in [1.807, 2.05) is 13.8 Å². The highest BCUT2D eigenvalue weighted by Crippen LogP contribution is 2.24. The minimum atomic E-state index is -1.10. The maximum atomic E-state index is 12.0. The van der Waals surface area contributed by atoms with Crippen LogP contribution in [0.25, 0.3) is 0 Å². The van der Waals surface area contributed by atoms with Crippen molar-refractivity contribution in [1.82, 2.24) is 4.98 Å². The zero-order valence-corrected chi connectivity index (χ0v) is 12.8. The molecule has 5 nitrogen and oxygen atoms in total. The summed E-state index contributed by atoms with van der Waals surface area (Å²) in [5.74, 6) is -0.320. The molecule has 2 aromatic rings. The molecule has 0 aliphatic carbocycles. The predicted octanol–water partition coefficient (Wildman–Crippen LogP) is 2.49. The number of hydrogen-bond donors (Lipinski definition) is 2. The lowest BCUT2D eigenvalue weighted by Crippen LogP contribution is -2.13. The lowest BCUT2D eigenvalue weighted by molar-refractivity contribution is 0.102. The Morgan fingerprint density at radius 3 is 2.75 bits per heavy atom. The maximum absolute atomic E-state index is 12.0. The van der Waals surface area contributed by atoms with E-state index in [4.69, 9.17) is 5.73 Å². The molecule has 0 saturated heterocycles. The summed E-state index contributed by atoms with van der Waals surface area (Å²) in [6, 6.07) is 6.81. The number of nitrogen functional groups attached to an aromatic ring is 1. The maximum Gasteiger partial charge on any atom is 0.259 e. The van der Waals surface area contributed by atoms with E-state index in [9.17, 15) is 9.00 Å². The first-order valence-corrected chi connectivity index (χ1v) is 8.04. The van der Waals surface area contributed by atoms with Gasteiger partial charge in [-0.3, -0.25) is 14.3 Å². The summed E-state index contributed by atoms with van der Waals surface area (Å²) in [5.41, 5.74) is 6.55. The first-order chi connectivity index (χ1) is 9.49. The quantitative estimate of drug-likeness (QED) is 0.850. The second-order valence-corrected chi connectivity index (χ2v) is 7.64. The van der Waals surface area contributed by atoms with Crippen LogP contribution in [0.15, 0.2) is 34.7 Å². The molecule has 3 N–H and O–H groups in total. The highest BCUT2D eigenvalue weighted by molar-refractivity contribution is 7.88. The van der Waals surface area contributed by atoms with E-state index in [1.54, 1.807) is 24.3 Å². The van der Waals surface area contributed by atoms with Crippen molar-refractivity contribution in [3.05, 3.63) is 36.0 Å². The number of nitrogens with zero attached hydrogens (tertiary/aromatic N) is 1. The van der Waals surface area contributed by atoms with Gasteiger partial charge in [-0.05, 0) is 12.1 Å². The average Bonchev–Trinajstić information content (AvgIpc) is 2.86. The van der Waals surface area contributed by atoms with Gasteiger partial charge < -0.3 is 5.73 Å². The van der Waals surface area contributed by atoms with Crippen molar-refractivity contribution < 1.29 is 9.00 Å². The molecule has 0 aliphatic rings. The summed E-state index contributed by atoms with van der Waals surface area (Å²) in [4.78, 5) is 16.1. The van der Waals surface area contributed by atoms with E-state index in [0.29, 0.717) is 20.6 Å². The molecule has 7 heteroatoms. The third kappa shape index (κ3) is 3.23. The monoisotopic (exact) mass is 309 g/mol. The number of amides is 1. The average molecular weight is 309 g/mol. The first-order valence-electron chi connectivity index (χ1n) is 6.01. The van der Waals surface area contributed by atoms with Crippen LogP contribution in [-0.4, -0.2) is 20.3 Å². The van der Waals surface area contributed by atoms with E-state index in [2.05, 4.69) is 10.3 Å². The number of thiazole rings is 1. The molecule has 1 aromatic carbocycles. The molecule has 0 aliphatic heterocycles. The summed E-state index contributed by atoms with van der Waals surface area (Å²) in [6.07, 6.45) is 1.53. The van der Waals surface area contributed by atoms with Gasteiger partial charge in [0, 0.05) is 10.9 Å². The van der Waals surface area contributed by atoms with Crippen LogP contribution in [-0.2, 0) is 10.8 Å². The minimum Gasteiger partial charge on any atom is -0.398 e. The van der Waals surface area contributed by atoms with Crippen LogP contribution in [0.3, 0.4) is 0 Å². The van der Waals surface area contributed by atoms with E-state index < -0.39 is 10.8 Å². The fraction of sp³-hybridized carbons (Fsp3) is 0.231. The Balaban J connectivity index is 2.13. The fourth-order valence-electron chi connectivity index (χ4n) is 1.51. The minimum absolute atomic E-state index is 0.0174. The Morgan fingerprint density at radius 1 is 1.40 bits per heavy atom. The number of carbonyl (C=O) groups is 1. The van der Waals surface area contributed by atoms with Gasteiger partial charge in [-0.15, -0.1) is 0 Å². The van der Waals surface area contributed by atoms with Crippen molar-refractivity contribution in [2.45, 2.75) is 23.3 Å². The number of benzene rings is 1. The zero-order valence-electron chi connectivity index (χ0n) is 11.1. The van der Waals surface area contributed by atoms with Crippen molar-refractivity contribution in [3.8, 4) is 0 Å². The van der Waals surface area contributed by atoms with Gasteiger partial charge in [0.1, 0.15) is 4.21 Å². The van der Waals surface area contributed by atoms with Crippen LogP contribution in [0.2, 0.25) is 0 Å². The lowest BCUT2D eigenvalue weighted by Gasteiger charge is -2.04. The number of nitrogens with one attached hydrogen (secondary N) is 1. The Kier molecular flexibility index (Phi) is 4.51. The summed E-state index contributed by atoms with van der Waals surface area (Å²) in [6.45, 7) is 3.75. The Hall–Kier alpha value is -1.73. The van der Waals surface area contributed by atoms with Gasteiger partial charge in [-0.25, -0.2) is 4.98 Å². The molecule has 20 heavy (non-hydrogen) atoms. The number of hydrogen-bond acceptors (Lipinski definition) is 5. The van der Waals surface area contributed by atoms with Gasteiger partial charge in [0.25, 0.3) is 5.91 Å². The Labute approximate surface area is 123 Å². The normalized spacial score (nSPS) is 12.3. The third-order valence-electron chi connectivity index (χ3n) is 2.54. The van der Waals surface area contributed by atoms with Crippen molar-refractivity contribution in [3.63, 3.8) is 0 Å². The number of rotatable bonds is 4. The Bertz CT molecular complexity index is 653. The van der Waals surface area contributed by atoms with Gasteiger partial charge in [-0.2, -0.15) is 0 Å². The second-order valence-electron chi connectivity index (χ2n) is 4.37. The van der Waals surface area contributed by atoms with Crippen molar-refractivity contribution in [2.24, 2.45) is 0 Å². The molecular weight excluding hydrogens is 294 g/mol. The van der Waals surface area contributed by atoms with Gasteiger partial charge >= 0.3 is 0 Å². The number of nitrogens with two attached hydrogens (primary N) is 1. The number of para-hydroxylation sites is 1. The van der Waals surface area contributed by atoms with Crippen LogP contribution >= 0.6 is 11.3 Å². The van der Waals surface area contributed by atoms with Crippen LogP contribution in [0.5, 0.6) is 0 Å². The van der Waals surface area contributed by atoms with Crippen molar-refractivity contribution in [1.29, 1.82) is 0 Å². The second kappa shape index (κ2) is 6.15. The highest BCUT2D eigenvalue weighted by atomic mass is 32.2. The van der Waals surface area contributed by atoms with Gasteiger partial charge in [0.05, 0.1) is 22.6 Å². The number of carbonyl (C=O) groups excluding carboxylic acids is 1. The van der Waals surface area contributed by atoms with E-state index in [-0.39, 0.29) is 11.2 Å². The molecule has 2 rings (SSSR count). The molecule has 1 amide bonds. The molecule has 1 unspecified atom stereocenters. The van der Waals surface area contributed by atoms with Gasteiger partial charge in [0.15, 0.2) is 5.13 Å². The molecule has 0 fully saturated rings.